The zero-order valence-corrected chi connectivity index (χ0v) is 11.3. The molecule has 3 rings (SSSR count). The van der Waals surface area contributed by atoms with Crippen molar-refractivity contribution in [3.63, 3.8) is 0 Å². The molecule has 1 atom stereocenters. The third kappa shape index (κ3) is 2.56. The summed E-state index contributed by atoms with van der Waals surface area (Å²) in [5.74, 6) is 0. The molecule has 1 heterocycles. The smallest absolute Gasteiger partial charge is 0.0670 e. The second-order valence-electron chi connectivity index (χ2n) is 4.59. The minimum absolute atomic E-state index is 0.194. The highest BCUT2D eigenvalue weighted by molar-refractivity contribution is 6.30. The fourth-order valence-electron chi connectivity index (χ4n) is 2.14. The van der Waals surface area contributed by atoms with Crippen LogP contribution in [-0.4, -0.2) is 10.2 Å². The summed E-state index contributed by atoms with van der Waals surface area (Å²) < 4.78 is 0. The van der Waals surface area contributed by atoms with Gasteiger partial charge in [-0.3, -0.25) is 5.10 Å². The van der Waals surface area contributed by atoms with Gasteiger partial charge in [-0.05, 0) is 42.8 Å². The summed E-state index contributed by atoms with van der Waals surface area (Å²) in [6.45, 7) is 2.11. The van der Waals surface area contributed by atoms with Crippen molar-refractivity contribution in [3.05, 3.63) is 59.2 Å². The van der Waals surface area contributed by atoms with E-state index >= 15 is 0 Å². The van der Waals surface area contributed by atoms with Gasteiger partial charge in [-0.25, -0.2) is 0 Å². The van der Waals surface area contributed by atoms with Gasteiger partial charge in [0.05, 0.1) is 11.7 Å². The monoisotopic (exact) mass is 271 g/mol. The molecule has 0 bridgehead atoms. The molecule has 0 spiro atoms. The Morgan fingerprint density at radius 3 is 2.95 bits per heavy atom. The van der Waals surface area contributed by atoms with Gasteiger partial charge in [0.1, 0.15) is 0 Å². The molecule has 3 aromatic rings. The normalized spacial score (nSPS) is 12.5. The summed E-state index contributed by atoms with van der Waals surface area (Å²) in [7, 11) is 0. The number of hydrogen-bond donors (Lipinski definition) is 2. The Kier molecular flexibility index (Phi) is 3.13. The highest BCUT2D eigenvalue weighted by atomic mass is 35.5. The number of halogens is 1. The van der Waals surface area contributed by atoms with Crippen LogP contribution in [-0.2, 0) is 0 Å². The van der Waals surface area contributed by atoms with E-state index in [1.165, 1.54) is 0 Å². The summed E-state index contributed by atoms with van der Waals surface area (Å²) in [4.78, 5) is 0. The molecule has 1 unspecified atom stereocenters. The molecule has 1 aromatic heterocycles. The zero-order chi connectivity index (χ0) is 13.2. The first kappa shape index (κ1) is 12.1. The largest absolute Gasteiger partial charge is 0.378 e. The lowest BCUT2D eigenvalue weighted by atomic mass is 10.1. The minimum Gasteiger partial charge on any atom is -0.378 e. The van der Waals surface area contributed by atoms with Crippen LogP contribution < -0.4 is 5.32 Å². The van der Waals surface area contributed by atoms with Crippen molar-refractivity contribution in [2.75, 3.05) is 5.32 Å². The molecule has 0 aliphatic carbocycles. The third-order valence-corrected chi connectivity index (χ3v) is 3.41. The number of fused-ring (bicyclic) bond motifs is 1. The molecule has 4 heteroatoms. The van der Waals surface area contributed by atoms with Gasteiger partial charge in [0, 0.05) is 22.1 Å². The molecule has 0 aliphatic rings. The van der Waals surface area contributed by atoms with Gasteiger partial charge < -0.3 is 5.32 Å². The van der Waals surface area contributed by atoms with E-state index in [-0.39, 0.29) is 6.04 Å². The Balaban J connectivity index is 1.83. The molecule has 3 nitrogen and oxygen atoms in total. The number of aromatic nitrogens is 2. The number of anilines is 1. The highest BCUT2D eigenvalue weighted by Crippen LogP contribution is 2.23. The Bertz CT molecular complexity index is 705. The number of nitrogens with zero attached hydrogens (tertiary/aromatic N) is 1. The van der Waals surface area contributed by atoms with Crippen molar-refractivity contribution in [1.29, 1.82) is 0 Å². The predicted molar refractivity (Wildman–Crippen MR) is 79.6 cm³/mol. The van der Waals surface area contributed by atoms with Crippen molar-refractivity contribution >= 4 is 28.2 Å². The van der Waals surface area contributed by atoms with Crippen LogP contribution in [0.25, 0.3) is 10.9 Å². The molecule has 0 radical (unpaired) electrons. The van der Waals surface area contributed by atoms with Crippen molar-refractivity contribution < 1.29 is 0 Å². The summed E-state index contributed by atoms with van der Waals surface area (Å²) in [5, 5.41) is 12.3. The Hall–Kier alpha value is -2.00. The van der Waals surface area contributed by atoms with Crippen LogP contribution in [0, 0.1) is 0 Å². The van der Waals surface area contributed by atoms with Crippen LogP contribution in [0.5, 0.6) is 0 Å². The van der Waals surface area contributed by atoms with Crippen LogP contribution in [0.4, 0.5) is 5.69 Å². The first-order chi connectivity index (χ1) is 9.22. The summed E-state index contributed by atoms with van der Waals surface area (Å²) in [6.07, 6.45) is 1.82. The molecule has 0 fully saturated rings. The number of hydrogen-bond acceptors (Lipinski definition) is 2. The number of H-pyrrole nitrogens is 1. The Morgan fingerprint density at radius 2 is 2.11 bits per heavy atom. The highest BCUT2D eigenvalue weighted by Gasteiger charge is 2.06. The fourth-order valence-corrected chi connectivity index (χ4v) is 2.33. The molecule has 0 saturated carbocycles. The van der Waals surface area contributed by atoms with Crippen molar-refractivity contribution in [2.24, 2.45) is 0 Å². The van der Waals surface area contributed by atoms with Crippen molar-refractivity contribution in [3.8, 4) is 0 Å². The molecule has 19 heavy (non-hydrogen) atoms. The van der Waals surface area contributed by atoms with E-state index in [2.05, 4.69) is 40.6 Å². The van der Waals surface area contributed by atoms with E-state index in [0.29, 0.717) is 0 Å². The third-order valence-electron chi connectivity index (χ3n) is 3.17. The predicted octanol–water partition coefficient (Wildman–Crippen LogP) is 4.39. The molecule has 0 amide bonds. The van der Waals surface area contributed by atoms with Gasteiger partial charge in [-0.2, -0.15) is 5.10 Å². The Morgan fingerprint density at radius 1 is 1.21 bits per heavy atom. The van der Waals surface area contributed by atoms with Crippen LogP contribution >= 0.6 is 11.6 Å². The fraction of sp³-hybridized carbons (Fsp3) is 0.133. The van der Waals surface area contributed by atoms with Gasteiger partial charge in [-0.15, -0.1) is 0 Å². The topological polar surface area (TPSA) is 40.7 Å². The zero-order valence-electron chi connectivity index (χ0n) is 10.5. The lowest BCUT2D eigenvalue weighted by Crippen LogP contribution is -2.06. The van der Waals surface area contributed by atoms with E-state index in [1.807, 2.05) is 30.5 Å². The average molecular weight is 272 g/mol. The van der Waals surface area contributed by atoms with Gasteiger partial charge in [0.2, 0.25) is 0 Å². The molecule has 2 aromatic carbocycles. The maximum Gasteiger partial charge on any atom is 0.0670 e. The number of benzene rings is 2. The number of rotatable bonds is 3. The SMILES string of the molecule is CC(Nc1ccc2cn[nH]c2c1)c1cccc(Cl)c1. The van der Waals surface area contributed by atoms with E-state index in [4.69, 9.17) is 11.6 Å². The maximum atomic E-state index is 6.01. The van der Waals surface area contributed by atoms with Gasteiger partial charge in [-0.1, -0.05) is 23.7 Å². The number of nitrogens with one attached hydrogen (secondary N) is 2. The van der Waals surface area contributed by atoms with Crippen LogP contribution in [0.3, 0.4) is 0 Å². The molecular formula is C15H14ClN3. The molecule has 2 N–H and O–H groups in total. The van der Waals surface area contributed by atoms with Crippen molar-refractivity contribution in [2.45, 2.75) is 13.0 Å². The van der Waals surface area contributed by atoms with E-state index in [0.717, 1.165) is 27.2 Å². The first-order valence-corrected chi connectivity index (χ1v) is 6.55. The van der Waals surface area contributed by atoms with Crippen LogP contribution in [0.1, 0.15) is 18.5 Å². The van der Waals surface area contributed by atoms with E-state index in [9.17, 15) is 0 Å². The Labute approximate surface area is 116 Å². The summed E-state index contributed by atoms with van der Waals surface area (Å²) >= 11 is 6.01. The lowest BCUT2D eigenvalue weighted by Gasteiger charge is -2.16. The first-order valence-electron chi connectivity index (χ1n) is 6.17. The molecule has 96 valence electrons. The molecule has 0 saturated heterocycles. The van der Waals surface area contributed by atoms with Gasteiger partial charge >= 0.3 is 0 Å². The van der Waals surface area contributed by atoms with Crippen molar-refractivity contribution in [1.82, 2.24) is 10.2 Å². The number of aromatic amines is 1. The maximum absolute atomic E-state index is 6.01. The van der Waals surface area contributed by atoms with Crippen LogP contribution in [0.15, 0.2) is 48.7 Å². The average Bonchev–Trinajstić information content (AvgIpc) is 2.86. The standard InChI is InChI=1S/C15H14ClN3/c1-10(11-3-2-4-13(16)7-11)18-14-6-5-12-9-17-19-15(12)8-14/h2-10,18H,1H3,(H,17,19). The van der Waals surface area contributed by atoms with Gasteiger partial charge in [0.15, 0.2) is 0 Å². The summed E-state index contributed by atoms with van der Waals surface area (Å²) in [6, 6.07) is 14.3. The van der Waals surface area contributed by atoms with Crippen LogP contribution in [0.2, 0.25) is 5.02 Å². The lowest BCUT2D eigenvalue weighted by molar-refractivity contribution is 0.885. The minimum atomic E-state index is 0.194. The summed E-state index contributed by atoms with van der Waals surface area (Å²) in [5.41, 5.74) is 3.25. The quantitative estimate of drug-likeness (QED) is 0.742. The molecular weight excluding hydrogens is 258 g/mol. The van der Waals surface area contributed by atoms with E-state index < -0.39 is 0 Å². The second-order valence-corrected chi connectivity index (χ2v) is 5.03. The van der Waals surface area contributed by atoms with Gasteiger partial charge in [0.25, 0.3) is 0 Å². The molecule has 0 aliphatic heterocycles. The van der Waals surface area contributed by atoms with E-state index in [1.54, 1.807) is 0 Å². The second kappa shape index (κ2) is 4.94.